The average molecular weight is 295 g/mol. The lowest BCUT2D eigenvalue weighted by molar-refractivity contribution is -0.137. The Morgan fingerprint density at radius 2 is 2.00 bits per heavy atom. The molecule has 3 N–H and O–H groups in total. The molecule has 1 amide bonds. The molecule has 6 nitrogen and oxygen atoms in total. The zero-order valence-electron chi connectivity index (χ0n) is 12.4. The number of nitrogens with one attached hydrogen (secondary N) is 1. The molecule has 1 atom stereocenters. The second-order valence-corrected chi connectivity index (χ2v) is 5.82. The summed E-state index contributed by atoms with van der Waals surface area (Å²) in [6.07, 6.45) is -0.594. The van der Waals surface area contributed by atoms with Gasteiger partial charge in [0.2, 0.25) is 0 Å². The summed E-state index contributed by atoms with van der Waals surface area (Å²) in [5, 5.41) is 20.9. The van der Waals surface area contributed by atoms with Crippen LogP contribution in [0.5, 0.6) is 5.75 Å². The Bertz CT molecular complexity index is 507. The molecular weight excluding hydrogens is 274 g/mol. The SMILES string of the molecule is CC(C)(C)OC(=O)N[C@H](CC(=O)O)Cc1cccc(O)c1. The molecule has 0 aromatic heterocycles. The third-order valence-electron chi connectivity index (χ3n) is 2.53. The molecule has 0 aliphatic rings. The maximum Gasteiger partial charge on any atom is 0.407 e. The molecule has 1 aromatic rings. The van der Waals surface area contributed by atoms with Crippen molar-refractivity contribution in [1.82, 2.24) is 5.32 Å². The van der Waals surface area contributed by atoms with Gasteiger partial charge >= 0.3 is 12.1 Å². The minimum absolute atomic E-state index is 0.0962. The zero-order valence-corrected chi connectivity index (χ0v) is 12.4. The van der Waals surface area contributed by atoms with E-state index in [4.69, 9.17) is 9.84 Å². The van der Waals surface area contributed by atoms with Crippen molar-refractivity contribution >= 4 is 12.1 Å². The van der Waals surface area contributed by atoms with E-state index in [-0.39, 0.29) is 12.2 Å². The molecule has 0 aliphatic carbocycles. The van der Waals surface area contributed by atoms with Crippen molar-refractivity contribution < 1.29 is 24.5 Å². The van der Waals surface area contributed by atoms with E-state index in [2.05, 4.69) is 5.32 Å². The van der Waals surface area contributed by atoms with Crippen LogP contribution in [0.3, 0.4) is 0 Å². The fourth-order valence-electron chi connectivity index (χ4n) is 1.83. The molecule has 6 heteroatoms. The largest absolute Gasteiger partial charge is 0.508 e. The second-order valence-electron chi connectivity index (χ2n) is 5.82. The van der Waals surface area contributed by atoms with Crippen molar-refractivity contribution in [2.75, 3.05) is 0 Å². The van der Waals surface area contributed by atoms with Crippen molar-refractivity contribution in [1.29, 1.82) is 0 Å². The summed E-state index contributed by atoms with van der Waals surface area (Å²) in [6.45, 7) is 5.19. The predicted octanol–water partition coefficient (Wildman–Crippen LogP) is 2.30. The van der Waals surface area contributed by atoms with E-state index in [1.54, 1.807) is 32.9 Å². The summed E-state index contributed by atoms with van der Waals surface area (Å²) in [7, 11) is 0. The van der Waals surface area contributed by atoms with E-state index >= 15 is 0 Å². The van der Waals surface area contributed by atoms with E-state index in [1.807, 2.05) is 0 Å². The Morgan fingerprint density at radius 3 is 2.52 bits per heavy atom. The zero-order chi connectivity index (χ0) is 16.0. The number of aromatic hydroxyl groups is 1. The van der Waals surface area contributed by atoms with Gasteiger partial charge in [-0.05, 0) is 44.9 Å². The van der Waals surface area contributed by atoms with E-state index in [0.717, 1.165) is 5.56 Å². The molecule has 1 aromatic carbocycles. The van der Waals surface area contributed by atoms with Crippen molar-refractivity contribution in [3.8, 4) is 5.75 Å². The third-order valence-corrected chi connectivity index (χ3v) is 2.53. The first-order valence-corrected chi connectivity index (χ1v) is 6.65. The van der Waals surface area contributed by atoms with Gasteiger partial charge in [-0.2, -0.15) is 0 Å². The lowest BCUT2D eigenvalue weighted by Gasteiger charge is -2.23. The van der Waals surface area contributed by atoms with Crippen LogP contribution >= 0.6 is 0 Å². The molecule has 0 unspecified atom stereocenters. The topological polar surface area (TPSA) is 95.9 Å². The number of phenolic OH excluding ortho intramolecular Hbond substituents is 1. The number of ether oxygens (including phenoxy) is 1. The number of carboxylic acid groups (broad SMARTS) is 1. The van der Waals surface area contributed by atoms with E-state index < -0.39 is 23.7 Å². The molecular formula is C15H21NO5. The molecule has 0 saturated carbocycles. The van der Waals surface area contributed by atoms with Gasteiger partial charge in [0.05, 0.1) is 6.42 Å². The number of benzene rings is 1. The third kappa shape index (κ3) is 7.20. The van der Waals surface area contributed by atoms with Crippen LogP contribution in [0.25, 0.3) is 0 Å². The van der Waals surface area contributed by atoms with Gasteiger partial charge in [-0.1, -0.05) is 12.1 Å². The lowest BCUT2D eigenvalue weighted by Crippen LogP contribution is -2.41. The highest BCUT2D eigenvalue weighted by Crippen LogP contribution is 2.14. The van der Waals surface area contributed by atoms with Crippen LogP contribution in [0, 0.1) is 0 Å². The fraction of sp³-hybridized carbons (Fsp3) is 0.467. The molecule has 1 rings (SSSR count). The number of amides is 1. The number of alkyl carbamates (subject to hydrolysis) is 1. The standard InChI is InChI=1S/C15H21NO5/c1-15(2,3)21-14(20)16-11(9-13(18)19)7-10-5-4-6-12(17)8-10/h4-6,8,11,17H,7,9H2,1-3H3,(H,16,20)(H,18,19)/t11-/m0/s1. The van der Waals surface area contributed by atoms with Crippen LogP contribution in [-0.4, -0.2) is 33.9 Å². The Labute approximate surface area is 123 Å². The highest BCUT2D eigenvalue weighted by atomic mass is 16.6. The van der Waals surface area contributed by atoms with Crippen LogP contribution in [-0.2, 0) is 16.0 Å². The normalized spacial score (nSPS) is 12.5. The van der Waals surface area contributed by atoms with Gasteiger partial charge in [-0.3, -0.25) is 4.79 Å². The molecule has 0 fully saturated rings. The Balaban J connectivity index is 2.72. The number of aliphatic carboxylic acids is 1. The summed E-state index contributed by atoms with van der Waals surface area (Å²) in [6, 6.07) is 5.86. The first kappa shape index (κ1) is 16.8. The number of hydrogen-bond acceptors (Lipinski definition) is 4. The van der Waals surface area contributed by atoms with Crippen molar-refractivity contribution in [2.24, 2.45) is 0 Å². The second kappa shape index (κ2) is 6.97. The molecule has 0 aliphatic heterocycles. The number of carboxylic acids is 1. The van der Waals surface area contributed by atoms with Crippen LogP contribution < -0.4 is 5.32 Å². The number of hydrogen-bond donors (Lipinski definition) is 3. The summed E-state index contributed by atoms with van der Waals surface area (Å²) >= 11 is 0. The van der Waals surface area contributed by atoms with Crippen LogP contribution in [0.1, 0.15) is 32.8 Å². The molecule has 0 heterocycles. The number of carbonyl (C=O) groups is 2. The first-order valence-electron chi connectivity index (χ1n) is 6.65. The Hall–Kier alpha value is -2.24. The van der Waals surface area contributed by atoms with E-state index in [1.165, 1.54) is 12.1 Å². The lowest BCUT2D eigenvalue weighted by atomic mass is 10.0. The minimum atomic E-state index is -1.02. The van der Waals surface area contributed by atoms with Crippen LogP contribution in [0.4, 0.5) is 4.79 Å². The van der Waals surface area contributed by atoms with Gasteiger partial charge in [0, 0.05) is 6.04 Å². The summed E-state index contributed by atoms with van der Waals surface area (Å²) in [4.78, 5) is 22.6. The highest BCUT2D eigenvalue weighted by Gasteiger charge is 2.21. The highest BCUT2D eigenvalue weighted by molar-refractivity contribution is 5.71. The number of phenols is 1. The number of carbonyl (C=O) groups excluding carboxylic acids is 1. The van der Waals surface area contributed by atoms with Gasteiger partial charge in [0.15, 0.2) is 0 Å². The maximum atomic E-state index is 11.7. The van der Waals surface area contributed by atoms with E-state index in [0.29, 0.717) is 6.42 Å². The maximum absolute atomic E-state index is 11.7. The average Bonchev–Trinajstić information content (AvgIpc) is 2.24. The van der Waals surface area contributed by atoms with E-state index in [9.17, 15) is 14.7 Å². The molecule has 0 saturated heterocycles. The molecule has 0 spiro atoms. The monoisotopic (exact) mass is 295 g/mol. The summed E-state index contributed by atoms with van der Waals surface area (Å²) < 4.78 is 5.12. The summed E-state index contributed by atoms with van der Waals surface area (Å²) in [5.41, 5.74) is 0.0837. The van der Waals surface area contributed by atoms with Crippen molar-refractivity contribution in [3.05, 3.63) is 29.8 Å². The molecule has 116 valence electrons. The van der Waals surface area contributed by atoms with Gasteiger partial charge in [-0.15, -0.1) is 0 Å². The van der Waals surface area contributed by atoms with Gasteiger partial charge in [0.1, 0.15) is 11.4 Å². The quantitative estimate of drug-likeness (QED) is 0.774. The first-order chi connectivity index (χ1) is 9.65. The van der Waals surface area contributed by atoms with Gasteiger partial charge < -0.3 is 20.3 Å². The smallest absolute Gasteiger partial charge is 0.407 e. The molecule has 0 radical (unpaired) electrons. The molecule has 21 heavy (non-hydrogen) atoms. The predicted molar refractivity (Wildman–Crippen MR) is 77.2 cm³/mol. The Morgan fingerprint density at radius 1 is 1.33 bits per heavy atom. The van der Waals surface area contributed by atoms with Crippen molar-refractivity contribution in [2.45, 2.75) is 45.3 Å². The summed E-state index contributed by atoms with van der Waals surface area (Å²) in [5.74, 6) is -0.921. The molecule has 0 bridgehead atoms. The minimum Gasteiger partial charge on any atom is -0.508 e. The fourth-order valence-corrected chi connectivity index (χ4v) is 1.83. The van der Waals surface area contributed by atoms with Crippen LogP contribution in [0.2, 0.25) is 0 Å². The Kier molecular flexibility index (Phi) is 5.58. The van der Waals surface area contributed by atoms with Gasteiger partial charge in [0.25, 0.3) is 0 Å². The van der Waals surface area contributed by atoms with Gasteiger partial charge in [-0.25, -0.2) is 4.79 Å². The number of rotatable bonds is 5. The van der Waals surface area contributed by atoms with Crippen LogP contribution in [0.15, 0.2) is 24.3 Å². The van der Waals surface area contributed by atoms with Crippen molar-refractivity contribution in [3.63, 3.8) is 0 Å².